The highest BCUT2D eigenvalue weighted by Crippen LogP contribution is 2.20. The summed E-state index contributed by atoms with van der Waals surface area (Å²) in [5.41, 5.74) is 0. The van der Waals surface area contributed by atoms with Crippen molar-refractivity contribution in [3.05, 3.63) is 0 Å². The maximum atomic E-state index is 11.2. The topological polar surface area (TPSA) is 29.5 Å². The largest absolute Gasteiger partial charge is 0.377 e. The lowest BCUT2D eigenvalue weighted by Gasteiger charge is -2.30. The third kappa shape index (κ3) is 2.29. The van der Waals surface area contributed by atoms with Crippen molar-refractivity contribution in [3.8, 4) is 0 Å². The fourth-order valence-electron chi connectivity index (χ4n) is 1.83. The molecule has 0 spiro atoms. The molecular weight excluding hydrogens is 166 g/mol. The minimum atomic E-state index is 0.00847. The second kappa shape index (κ2) is 4.20. The SMILES string of the molecule is CC(=O)C(C)N(C)C1CCOC1C. The smallest absolute Gasteiger partial charge is 0.146 e. The molecule has 1 saturated heterocycles. The van der Waals surface area contributed by atoms with Crippen LogP contribution in [0.25, 0.3) is 0 Å². The summed E-state index contributed by atoms with van der Waals surface area (Å²) in [5, 5.41) is 0. The van der Waals surface area contributed by atoms with E-state index in [-0.39, 0.29) is 17.9 Å². The van der Waals surface area contributed by atoms with Gasteiger partial charge in [0.2, 0.25) is 0 Å². The summed E-state index contributed by atoms with van der Waals surface area (Å²) in [6.07, 6.45) is 1.29. The molecule has 1 rings (SSSR count). The molecule has 1 fully saturated rings. The molecule has 0 radical (unpaired) electrons. The summed E-state index contributed by atoms with van der Waals surface area (Å²) in [7, 11) is 2.00. The molecule has 1 aliphatic rings. The number of likely N-dealkylation sites (N-methyl/N-ethyl adjacent to an activating group) is 1. The lowest BCUT2D eigenvalue weighted by Crippen LogP contribution is -2.45. The molecule has 0 N–H and O–H groups in total. The molecule has 0 amide bonds. The van der Waals surface area contributed by atoms with Crippen molar-refractivity contribution >= 4 is 5.78 Å². The number of rotatable bonds is 3. The van der Waals surface area contributed by atoms with Gasteiger partial charge in [0.1, 0.15) is 5.78 Å². The van der Waals surface area contributed by atoms with Crippen LogP contribution < -0.4 is 0 Å². The van der Waals surface area contributed by atoms with Crippen molar-refractivity contribution in [1.82, 2.24) is 4.90 Å². The van der Waals surface area contributed by atoms with Gasteiger partial charge in [0.15, 0.2) is 0 Å². The molecule has 13 heavy (non-hydrogen) atoms. The van der Waals surface area contributed by atoms with Gasteiger partial charge in [-0.3, -0.25) is 9.69 Å². The highest BCUT2D eigenvalue weighted by molar-refractivity contribution is 5.80. The molecule has 3 atom stereocenters. The van der Waals surface area contributed by atoms with E-state index < -0.39 is 0 Å². The van der Waals surface area contributed by atoms with Gasteiger partial charge in [0.25, 0.3) is 0 Å². The standard InChI is InChI=1S/C10H19NO2/c1-7(8(2)12)11(4)10-5-6-13-9(10)3/h7,9-10H,5-6H2,1-4H3. The normalized spacial score (nSPS) is 30.8. The minimum Gasteiger partial charge on any atom is -0.377 e. The second-order valence-corrected chi connectivity index (χ2v) is 3.88. The average molecular weight is 185 g/mol. The van der Waals surface area contributed by atoms with Gasteiger partial charge in [-0.2, -0.15) is 0 Å². The van der Waals surface area contributed by atoms with E-state index in [4.69, 9.17) is 4.74 Å². The molecule has 1 aliphatic heterocycles. The van der Waals surface area contributed by atoms with Crippen molar-refractivity contribution in [2.45, 2.75) is 45.4 Å². The predicted octanol–water partition coefficient (Wildman–Crippen LogP) is 1.07. The van der Waals surface area contributed by atoms with Crippen LogP contribution in [0.5, 0.6) is 0 Å². The van der Waals surface area contributed by atoms with Gasteiger partial charge in [-0.1, -0.05) is 0 Å². The summed E-state index contributed by atoms with van der Waals surface area (Å²) in [5.74, 6) is 0.224. The molecule has 0 saturated carbocycles. The Kier molecular flexibility index (Phi) is 3.45. The third-order valence-corrected chi connectivity index (χ3v) is 3.06. The molecule has 1 heterocycles. The molecule has 0 aromatic heterocycles. The highest BCUT2D eigenvalue weighted by Gasteiger charge is 2.31. The van der Waals surface area contributed by atoms with Crippen LogP contribution in [0.3, 0.4) is 0 Å². The van der Waals surface area contributed by atoms with Crippen molar-refractivity contribution in [3.63, 3.8) is 0 Å². The maximum absolute atomic E-state index is 11.2. The molecule has 3 nitrogen and oxygen atoms in total. The summed E-state index contributed by atoms with van der Waals surface area (Å²) in [4.78, 5) is 13.3. The third-order valence-electron chi connectivity index (χ3n) is 3.06. The van der Waals surface area contributed by atoms with Crippen LogP contribution in [0.15, 0.2) is 0 Å². The Hall–Kier alpha value is -0.410. The second-order valence-electron chi connectivity index (χ2n) is 3.88. The van der Waals surface area contributed by atoms with E-state index >= 15 is 0 Å². The number of carbonyl (C=O) groups excluding carboxylic acids is 1. The first-order chi connectivity index (χ1) is 6.04. The molecule has 0 aromatic rings. The van der Waals surface area contributed by atoms with Crippen LogP contribution in [0.1, 0.15) is 27.2 Å². The number of hydrogen-bond donors (Lipinski definition) is 0. The van der Waals surface area contributed by atoms with Crippen LogP contribution in [0, 0.1) is 0 Å². The number of nitrogens with zero attached hydrogens (tertiary/aromatic N) is 1. The first kappa shape index (κ1) is 10.7. The zero-order chi connectivity index (χ0) is 10.0. The van der Waals surface area contributed by atoms with Crippen molar-refractivity contribution in [2.24, 2.45) is 0 Å². The number of carbonyl (C=O) groups is 1. The summed E-state index contributed by atoms with van der Waals surface area (Å²) in [6.45, 7) is 6.48. The number of Topliss-reactive ketones (excluding diaryl/α,β-unsaturated/α-hetero) is 1. The van der Waals surface area contributed by atoms with Gasteiger partial charge in [-0.05, 0) is 34.2 Å². The lowest BCUT2D eigenvalue weighted by molar-refractivity contribution is -0.122. The van der Waals surface area contributed by atoms with E-state index in [0.717, 1.165) is 13.0 Å². The van der Waals surface area contributed by atoms with Crippen LogP contribution >= 0.6 is 0 Å². The number of ketones is 1. The zero-order valence-corrected chi connectivity index (χ0v) is 8.91. The Bertz CT molecular complexity index is 193. The molecule has 3 unspecified atom stereocenters. The summed E-state index contributed by atoms with van der Waals surface area (Å²) >= 11 is 0. The van der Waals surface area contributed by atoms with Crippen LogP contribution in [0.2, 0.25) is 0 Å². The summed E-state index contributed by atoms with van der Waals surface area (Å²) < 4.78 is 5.46. The Morgan fingerprint density at radius 1 is 1.62 bits per heavy atom. The van der Waals surface area contributed by atoms with Crippen molar-refractivity contribution in [2.75, 3.05) is 13.7 Å². The van der Waals surface area contributed by atoms with E-state index in [0.29, 0.717) is 6.04 Å². The van der Waals surface area contributed by atoms with Crippen LogP contribution in [-0.2, 0) is 9.53 Å². The Labute approximate surface area is 80.1 Å². The quantitative estimate of drug-likeness (QED) is 0.658. The van der Waals surface area contributed by atoms with Gasteiger partial charge in [-0.15, -0.1) is 0 Å². The first-order valence-corrected chi connectivity index (χ1v) is 4.88. The number of hydrogen-bond acceptors (Lipinski definition) is 3. The fraction of sp³-hybridized carbons (Fsp3) is 0.900. The van der Waals surface area contributed by atoms with Crippen molar-refractivity contribution < 1.29 is 9.53 Å². The lowest BCUT2D eigenvalue weighted by atomic mass is 10.1. The molecular formula is C10H19NO2. The molecule has 3 heteroatoms. The van der Waals surface area contributed by atoms with Crippen molar-refractivity contribution in [1.29, 1.82) is 0 Å². The van der Waals surface area contributed by atoms with E-state index in [1.54, 1.807) is 6.92 Å². The van der Waals surface area contributed by atoms with Gasteiger partial charge < -0.3 is 4.74 Å². The van der Waals surface area contributed by atoms with E-state index in [2.05, 4.69) is 11.8 Å². The Morgan fingerprint density at radius 2 is 2.23 bits per heavy atom. The average Bonchev–Trinajstić information content (AvgIpc) is 2.48. The first-order valence-electron chi connectivity index (χ1n) is 4.88. The zero-order valence-electron chi connectivity index (χ0n) is 8.91. The van der Waals surface area contributed by atoms with Crippen LogP contribution in [-0.4, -0.2) is 42.5 Å². The maximum Gasteiger partial charge on any atom is 0.146 e. The van der Waals surface area contributed by atoms with Gasteiger partial charge in [0.05, 0.1) is 12.1 Å². The molecule has 0 aliphatic carbocycles. The monoisotopic (exact) mass is 185 g/mol. The van der Waals surface area contributed by atoms with Gasteiger partial charge in [-0.25, -0.2) is 0 Å². The van der Waals surface area contributed by atoms with Gasteiger partial charge in [0, 0.05) is 12.6 Å². The molecule has 0 aromatic carbocycles. The fourth-order valence-corrected chi connectivity index (χ4v) is 1.83. The highest BCUT2D eigenvalue weighted by atomic mass is 16.5. The number of ether oxygens (including phenoxy) is 1. The predicted molar refractivity (Wildman–Crippen MR) is 51.7 cm³/mol. The minimum absolute atomic E-state index is 0.00847. The van der Waals surface area contributed by atoms with E-state index in [1.165, 1.54) is 0 Å². The van der Waals surface area contributed by atoms with E-state index in [1.807, 2.05) is 14.0 Å². The Morgan fingerprint density at radius 3 is 2.62 bits per heavy atom. The van der Waals surface area contributed by atoms with E-state index in [9.17, 15) is 4.79 Å². The molecule has 0 bridgehead atoms. The Balaban J connectivity index is 2.55. The van der Waals surface area contributed by atoms with Crippen LogP contribution in [0.4, 0.5) is 0 Å². The summed E-state index contributed by atoms with van der Waals surface area (Å²) in [6, 6.07) is 0.410. The molecule has 76 valence electrons. The van der Waals surface area contributed by atoms with Gasteiger partial charge >= 0.3 is 0 Å².